The van der Waals surface area contributed by atoms with Crippen LogP contribution in [0, 0.1) is 5.92 Å². The first kappa shape index (κ1) is 12.9. The van der Waals surface area contributed by atoms with E-state index < -0.39 is 0 Å². The minimum atomic E-state index is 0.689. The Morgan fingerprint density at radius 1 is 1.33 bits per heavy atom. The van der Waals surface area contributed by atoms with Gasteiger partial charge in [0.2, 0.25) is 0 Å². The summed E-state index contributed by atoms with van der Waals surface area (Å²) in [6.45, 7) is 6.31. The lowest BCUT2D eigenvalue weighted by atomic mass is 10.2. The lowest BCUT2D eigenvalue weighted by molar-refractivity contribution is 0.550. The highest BCUT2D eigenvalue weighted by molar-refractivity contribution is 7.98. The third-order valence-corrected chi connectivity index (χ3v) is 3.45. The van der Waals surface area contributed by atoms with E-state index in [4.69, 9.17) is 0 Å². The van der Waals surface area contributed by atoms with Crippen molar-refractivity contribution in [3.8, 4) is 0 Å². The molecule has 0 radical (unpaired) electrons. The molecule has 0 amide bonds. The summed E-state index contributed by atoms with van der Waals surface area (Å²) in [5.41, 5.74) is 0. The van der Waals surface area contributed by atoms with Crippen molar-refractivity contribution < 1.29 is 0 Å². The van der Waals surface area contributed by atoms with Crippen LogP contribution in [0.2, 0.25) is 0 Å². The van der Waals surface area contributed by atoms with Crippen molar-refractivity contribution in [2.75, 3.05) is 18.6 Å². The molecule has 0 atom stereocenters. The fourth-order valence-corrected chi connectivity index (χ4v) is 2.46. The Balaban J connectivity index is 2.26. The van der Waals surface area contributed by atoms with E-state index in [0.717, 1.165) is 35.3 Å². The van der Waals surface area contributed by atoms with Crippen molar-refractivity contribution in [2.45, 2.75) is 26.8 Å². The summed E-state index contributed by atoms with van der Waals surface area (Å²) in [7, 11) is 0. The van der Waals surface area contributed by atoms with Gasteiger partial charge in [-0.1, -0.05) is 13.8 Å². The van der Waals surface area contributed by atoms with Gasteiger partial charge in [-0.25, -0.2) is 0 Å². The van der Waals surface area contributed by atoms with Gasteiger partial charge >= 0.3 is 0 Å². The molecule has 86 valence electrons. The van der Waals surface area contributed by atoms with Gasteiger partial charge in [0.15, 0.2) is 0 Å². The van der Waals surface area contributed by atoms with Gasteiger partial charge in [-0.3, -0.25) is 0 Å². The normalized spacial score (nSPS) is 11.2. The maximum absolute atomic E-state index is 4.17. The van der Waals surface area contributed by atoms with Gasteiger partial charge in [0.25, 0.3) is 0 Å². The summed E-state index contributed by atoms with van der Waals surface area (Å²) in [6.07, 6.45) is 3.16. The number of nitrogens with one attached hydrogen (secondary N) is 1. The van der Waals surface area contributed by atoms with Crippen molar-refractivity contribution in [2.24, 2.45) is 5.92 Å². The topological polar surface area (TPSA) is 37.8 Å². The molecule has 1 aromatic heterocycles. The molecule has 0 bridgehead atoms. The van der Waals surface area contributed by atoms with Gasteiger partial charge in [-0.05, 0) is 24.5 Å². The predicted molar refractivity (Wildman–Crippen MR) is 68.5 cm³/mol. The third-order valence-electron chi connectivity index (χ3n) is 1.86. The number of hydrogen-bond donors (Lipinski definition) is 1. The van der Waals surface area contributed by atoms with Gasteiger partial charge < -0.3 is 5.32 Å². The lowest BCUT2D eigenvalue weighted by Crippen LogP contribution is -2.18. The second-order valence-electron chi connectivity index (χ2n) is 3.86. The van der Waals surface area contributed by atoms with Crippen LogP contribution in [0.25, 0.3) is 0 Å². The number of nitrogens with zero attached hydrogens (tertiary/aromatic N) is 2. The van der Waals surface area contributed by atoms with Gasteiger partial charge in [0.1, 0.15) is 10.0 Å². The Morgan fingerprint density at radius 2 is 2.07 bits per heavy atom. The van der Waals surface area contributed by atoms with Crippen LogP contribution in [0.5, 0.6) is 0 Å². The number of rotatable bonds is 7. The van der Waals surface area contributed by atoms with E-state index in [1.807, 2.05) is 11.8 Å². The number of aromatic nitrogens is 2. The molecule has 15 heavy (non-hydrogen) atoms. The summed E-state index contributed by atoms with van der Waals surface area (Å²) >= 11 is 3.58. The fraction of sp³-hybridized carbons (Fsp3) is 0.800. The molecule has 5 heteroatoms. The molecule has 1 rings (SSSR count). The van der Waals surface area contributed by atoms with Crippen LogP contribution in [0.15, 0.2) is 0 Å². The second-order valence-corrected chi connectivity index (χ2v) is 5.99. The quantitative estimate of drug-likeness (QED) is 0.799. The van der Waals surface area contributed by atoms with Gasteiger partial charge in [-0.15, -0.1) is 21.5 Å². The fourth-order valence-electron chi connectivity index (χ4n) is 1.12. The molecule has 0 unspecified atom stereocenters. The van der Waals surface area contributed by atoms with Crippen molar-refractivity contribution in [3.63, 3.8) is 0 Å². The van der Waals surface area contributed by atoms with Gasteiger partial charge in [0.05, 0.1) is 0 Å². The summed E-state index contributed by atoms with van der Waals surface area (Å²) in [4.78, 5) is 0. The highest BCUT2D eigenvalue weighted by Crippen LogP contribution is 2.11. The molecule has 0 saturated heterocycles. The first-order valence-electron chi connectivity index (χ1n) is 5.23. The van der Waals surface area contributed by atoms with E-state index in [9.17, 15) is 0 Å². The first-order valence-corrected chi connectivity index (χ1v) is 7.44. The SMILES string of the molecule is CSCCc1nnc(CNCC(C)C)s1. The molecule has 0 spiro atoms. The molecule has 0 saturated carbocycles. The Kier molecular flexibility index (Phi) is 6.20. The summed E-state index contributed by atoms with van der Waals surface area (Å²) in [5, 5.41) is 14.0. The van der Waals surface area contributed by atoms with Crippen LogP contribution >= 0.6 is 23.1 Å². The minimum Gasteiger partial charge on any atom is -0.310 e. The smallest absolute Gasteiger partial charge is 0.131 e. The zero-order valence-electron chi connectivity index (χ0n) is 9.62. The molecule has 0 aromatic carbocycles. The highest BCUT2D eigenvalue weighted by atomic mass is 32.2. The molecular weight excluding hydrogens is 226 g/mol. The van der Waals surface area contributed by atoms with Crippen LogP contribution in [-0.4, -0.2) is 28.8 Å². The Morgan fingerprint density at radius 3 is 2.73 bits per heavy atom. The Labute approximate surface area is 100 Å². The number of thioether (sulfide) groups is 1. The molecule has 1 N–H and O–H groups in total. The maximum Gasteiger partial charge on any atom is 0.131 e. The van der Waals surface area contributed by atoms with Crippen molar-refractivity contribution in [1.82, 2.24) is 15.5 Å². The Bertz CT molecular complexity index is 273. The molecular formula is C10H19N3S2. The van der Waals surface area contributed by atoms with E-state index >= 15 is 0 Å². The van der Waals surface area contributed by atoms with Crippen LogP contribution in [0.3, 0.4) is 0 Å². The van der Waals surface area contributed by atoms with Crippen molar-refractivity contribution >= 4 is 23.1 Å². The highest BCUT2D eigenvalue weighted by Gasteiger charge is 2.03. The second kappa shape index (κ2) is 7.19. The van der Waals surface area contributed by atoms with E-state index in [2.05, 4.69) is 35.6 Å². The predicted octanol–water partition coefficient (Wildman–Crippen LogP) is 2.19. The largest absolute Gasteiger partial charge is 0.310 e. The minimum absolute atomic E-state index is 0.689. The molecule has 0 aliphatic carbocycles. The lowest BCUT2D eigenvalue weighted by Gasteiger charge is -2.03. The molecule has 0 fully saturated rings. The van der Waals surface area contributed by atoms with Crippen LogP contribution in [0.1, 0.15) is 23.9 Å². The first-order chi connectivity index (χ1) is 7.22. The molecule has 0 aliphatic heterocycles. The summed E-state index contributed by atoms with van der Waals surface area (Å²) in [5.74, 6) is 1.82. The maximum atomic E-state index is 4.17. The average Bonchev–Trinajstić information content (AvgIpc) is 2.62. The van der Waals surface area contributed by atoms with Crippen LogP contribution < -0.4 is 5.32 Å². The number of aryl methyl sites for hydroxylation is 1. The standard InChI is InChI=1S/C10H19N3S2/c1-8(2)6-11-7-10-13-12-9(15-10)4-5-14-3/h8,11H,4-7H2,1-3H3. The monoisotopic (exact) mass is 245 g/mol. The summed E-state index contributed by atoms with van der Waals surface area (Å²) in [6, 6.07) is 0. The molecule has 1 aromatic rings. The van der Waals surface area contributed by atoms with E-state index in [0.29, 0.717) is 5.92 Å². The Hall–Kier alpha value is -0.130. The number of hydrogen-bond acceptors (Lipinski definition) is 5. The van der Waals surface area contributed by atoms with Crippen LogP contribution in [0.4, 0.5) is 0 Å². The summed E-state index contributed by atoms with van der Waals surface area (Å²) < 4.78 is 0. The van der Waals surface area contributed by atoms with Gasteiger partial charge in [0, 0.05) is 13.0 Å². The average molecular weight is 245 g/mol. The van der Waals surface area contributed by atoms with Crippen LogP contribution in [-0.2, 0) is 13.0 Å². The zero-order chi connectivity index (χ0) is 11.1. The molecule has 0 aliphatic rings. The molecule has 3 nitrogen and oxygen atoms in total. The third kappa shape index (κ3) is 5.49. The van der Waals surface area contributed by atoms with E-state index in [-0.39, 0.29) is 0 Å². The zero-order valence-corrected chi connectivity index (χ0v) is 11.2. The van der Waals surface area contributed by atoms with Crippen molar-refractivity contribution in [3.05, 3.63) is 10.0 Å². The van der Waals surface area contributed by atoms with Crippen molar-refractivity contribution in [1.29, 1.82) is 0 Å². The van der Waals surface area contributed by atoms with E-state index in [1.54, 1.807) is 11.3 Å². The van der Waals surface area contributed by atoms with E-state index in [1.165, 1.54) is 0 Å². The molecule has 1 heterocycles. The van der Waals surface area contributed by atoms with Gasteiger partial charge in [-0.2, -0.15) is 11.8 Å².